The Morgan fingerprint density at radius 2 is 1.44 bits per heavy atom. The summed E-state index contributed by atoms with van der Waals surface area (Å²) in [7, 11) is 0. The van der Waals surface area contributed by atoms with E-state index in [4.69, 9.17) is 12.2 Å². The van der Waals surface area contributed by atoms with Gasteiger partial charge in [-0.1, -0.05) is 58.4 Å². The molecule has 0 heterocycles. The van der Waals surface area contributed by atoms with Gasteiger partial charge in [0.15, 0.2) is 10.9 Å². The number of carbonyl (C=O) groups is 1. The Morgan fingerprint density at radius 3 is 2.16 bits per heavy atom. The van der Waals surface area contributed by atoms with Gasteiger partial charge in [0.2, 0.25) is 0 Å². The summed E-state index contributed by atoms with van der Waals surface area (Å²) in [6, 6.07) is 24.2. The number of halogens is 1. The second-order valence-electron chi connectivity index (χ2n) is 5.33. The number of thiocarbonyl (C=S) groups is 1. The average Bonchev–Trinajstić information content (AvgIpc) is 2.64. The minimum atomic E-state index is -0.0462. The van der Waals surface area contributed by atoms with E-state index in [0.29, 0.717) is 21.9 Å². The summed E-state index contributed by atoms with van der Waals surface area (Å²) in [6.07, 6.45) is 0. The Hall–Kier alpha value is -2.50. The van der Waals surface area contributed by atoms with Crippen molar-refractivity contribution in [1.29, 1.82) is 0 Å². The van der Waals surface area contributed by atoms with Gasteiger partial charge in [0.25, 0.3) is 0 Å². The molecule has 0 radical (unpaired) electrons. The van der Waals surface area contributed by atoms with E-state index < -0.39 is 0 Å². The van der Waals surface area contributed by atoms with Crippen molar-refractivity contribution < 1.29 is 4.79 Å². The molecule has 3 rings (SSSR count). The van der Waals surface area contributed by atoms with Crippen molar-refractivity contribution in [2.45, 2.75) is 0 Å². The molecule has 0 saturated heterocycles. The molecular weight excluding hydrogens is 396 g/mol. The van der Waals surface area contributed by atoms with Crippen LogP contribution in [0.1, 0.15) is 15.9 Å². The smallest absolute Gasteiger partial charge is 0.195 e. The molecule has 3 aromatic rings. The van der Waals surface area contributed by atoms with Crippen LogP contribution in [0.5, 0.6) is 0 Å². The Bertz CT molecular complexity index is 895. The van der Waals surface area contributed by atoms with E-state index in [-0.39, 0.29) is 5.78 Å². The van der Waals surface area contributed by atoms with Crippen LogP contribution < -0.4 is 10.6 Å². The van der Waals surface area contributed by atoms with Gasteiger partial charge in [0, 0.05) is 21.3 Å². The van der Waals surface area contributed by atoms with Crippen LogP contribution in [-0.4, -0.2) is 10.9 Å². The maximum Gasteiger partial charge on any atom is 0.195 e. The van der Waals surface area contributed by atoms with E-state index in [1.165, 1.54) is 0 Å². The first-order valence-corrected chi connectivity index (χ1v) is 8.86. The topological polar surface area (TPSA) is 41.1 Å². The first kappa shape index (κ1) is 17.3. The van der Waals surface area contributed by atoms with Gasteiger partial charge < -0.3 is 10.6 Å². The number of anilines is 2. The predicted octanol–water partition coefficient (Wildman–Crippen LogP) is 5.49. The number of ketones is 1. The minimum Gasteiger partial charge on any atom is -0.332 e. The number of rotatable bonds is 4. The second-order valence-corrected chi connectivity index (χ2v) is 6.65. The molecule has 0 saturated carbocycles. The van der Waals surface area contributed by atoms with Gasteiger partial charge in [-0.05, 0) is 48.6 Å². The number of carbonyl (C=O) groups excluding carboxylic acids is 1. The number of para-hydroxylation sites is 1. The van der Waals surface area contributed by atoms with Crippen molar-refractivity contribution in [2.75, 3.05) is 10.6 Å². The molecule has 0 aliphatic rings. The highest BCUT2D eigenvalue weighted by atomic mass is 79.9. The van der Waals surface area contributed by atoms with E-state index >= 15 is 0 Å². The Balaban J connectivity index is 1.78. The molecule has 0 spiro atoms. The Labute approximate surface area is 160 Å². The summed E-state index contributed by atoms with van der Waals surface area (Å²) >= 11 is 8.77. The first-order valence-electron chi connectivity index (χ1n) is 7.66. The SMILES string of the molecule is O=C(c1ccccc1)c1ccccc1NC(=S)Nc1ccc(Br)cc1. The Kier molecular flexibility index (Phi) is 5.58. The third-order valence-corrected chi connectivity index (χ3v) is 4.29. The fraction of sp³-hybridized carbons (Fsp3) is 0. The lowest BCUT2D eigenvalue weighted by Crippen LogP contribution is -2.20. The predicted molar refractivity (Wildman–Crippen MR) is 110 cm³/mol. The van der Waals surface area contributed by atoms with E-state index in [9.17, 15) is 4.79 Å². The van der Waals surface area contributed by atoms with Crippen LogP contribution in [0.4, 0.5) is 11.4 Å². The zero-order valence-electron chi connectivity index (χ0n) is 13.2. The number of hydrogen-bond donors (Lipinski definition) is 2. The van der Waals surface area contributed by atoms with E-state index in [2.05, 4.69) is 26.6 Å². The van der Waals surface area contributed by atoms with Gasteiger partial charge >= 0.3 is 0 Å². The van der Waals surface area contributed by atoms with Crippen molar-refractivity contribution in [3.05, 3.63) is 94.5 Å². The van der Waals surface area contributed by atoms with Crippen LogP contribution in [0, 0.1) is 0 Å². The monoisotopic (exact) mass is 410 g/mol. The zero-order chi connectivity index (χ0) is 17.6. The van der Waals surface area contributed by atoms with Crippen LogP contribution in [-0.2, 0) is 0 Å². The lowest BCUT2D eigenvalue weighted by atomic mass is 10.0. The highest BCUT2D eigenvalue weighted by molar-refractivity contribution is 9.10. The standard InChI is InChI=1S/C20H15BrN2OS/c21-15-10-12-16(13-11-15)22-20(25)23-18-9-5-4-8-17(18)19(24)14-6-2-1-3-7-14/h1-13H,(H2,22,23,25). The van der Waals surface area contributed by atoms with Crippen molar-refractivity contribution >= 4 is 50.4 Å². The molecule has 3 aromatic carbocycles. The van der Waals surface area contributed by atoms with Crippen LogP contribution in [0.15, 0.2) is 83.3 Å². The molecule has 2 N–H and O–H groups in total. The summed E-state index contributed by atoms with van der Waals surface area (Å²) in [4.78, 5) is 12.7. The minimum absolute atomic E-state index is 0.0462. The van der Waals surface area contributed by atoms with Crippen molar-refractivity contribution in [1.82, 2.24) is 0 Å². The van der Waals surface area contributed by atoms with Gasteiger partial charge in [-0.3, -0.25) is 4.79 Å². The highest BCUT2D eigenvalue weighted by Gasteiger charge is 2.13. The molecule has 0 bridgehead atoms. The molecule has 3 nitrogen and oxygen atoms in total. The molecular formula is C20H15BrN2OS. The molecule has 0 unspecified atom stereocenters. The summed E-state index contributed by atoms with van der Waals surface area (Å²) in [5, 5.41) is 6.65. The average molecular weight is 411 g/mol. The fourth-order valence-electron chi connectivity index (χ4n) is 2.35. The van der Waals surface area contributed by atoms with E-state index in [1.54, 1.807) is 18.2 Å². The highest BCUT2D eigenvalue weighted by Crippen LogP contribution is 2.20. The van der Waals surface area contributed by atoms with E-state index in [1.807, 2.05) is 60.7 Å². The van der Waals surface area contributed by atoms with Gasteiger partial charge in [0.05, 0.1) is 5.69 Å². The molecule has 5 heteroatoms. The quantitative estimate of drug-likeness (QED) is 0.440. The molecule has 25 heavy (non-hydrogen) atoms. The van der Waals surface area contributed by atoms with Crippen LogP contribution in [0.2, 0.25) is 0 Å². The van der Waals surface area contributed by atoms with Gasteiger partial charge in [0.1, 0.15) is 0 Å². The van der Waals surface area contributed by atoms with Crippen LogP contribution in [0.3, 0.4) is 0 Å². The third-order valence-electron chi connectivity index (χ3n) is 3.56. The molecule has 0 aliphatic carbocycles. The van der Waals surface area contributed by atoms with Gasteiger partial charge in [-0.25, -0.2) is 0 Å². The largest absolute Gasteiger partial charge is 0.332 e. The normalized spacial score (nSPS) is 10.1. The van der Waals surface area contributed by atoms with E-state index in [0.717, 1.165) is 10.2 Å². The lowest BCUT2D eigenvalue weighted by Gasteiger charge is -2.14. The summed E-state index contributed by atoms with van der Waals surface area (Å²) in [6.45, 7) is 0. The molecule has 124 valence electrons. The third kappa shape index (κ3) is 4.53. The maximum absolute atomic E-state index is 12.7. The van der Waals surface area contributed by atoms with Crippen LogP contribution in [0.25, 0.3) is 0 Å². The maximum atomic E-state index is 12.7. The molecule has 0 aliphatic heterocycles. The number of benzene rings is 3. The second kappa shape index (κ2) is 8.05. The van der Waals surface area contributed by atoms with Gasteiger partial charge in [-0.2, -0.15) is 0 Å². The summed E-state index contributed by atoms with van der Waals surface area (Å²) in [5.74, 6) is -0.0462. The van der Waals surface area contributed by atoms with Crippen molar-refractivity contribution in [2.24, 2.45) is 0 Å². The van der Waals surface area contributed by atoms with Crippen LogP contribution >= 0.6 is 28.1 Å². The summed E-state index contributed by atoms with van der Waals surface area (Å²) < 4.78 is 0.996. The van der Waals surface area contributed by atoms with Crippen molar-refractivity contribution in [3.8, 4) is 0 Å². The number of hydrogen-bond acceptors (Lipinski definition) is 2. The van der Waals surface area contributed by atoms with Crippen molar-refractivity contribution in [3.63, 3.8) is 0 Å². The molecule has 0 fully saturated rings. The Morgan fingerprint density at radius 1 is 0.800 bits per heavy atom. The zero-order valence-corrected chi connectivity index (χ0v) is 15.6. The molecule has 0 amide bonds. The lowest BCUT2D eigenvalue weighted by molar-refractivity contribution is 0.103. The molecule has 0 atom stereocenters. The number of nitrogens with one attached hydrogen (secondary N) is 2. The molecule has 0 aromatic heterocycles. The first-order chi connectivity index (χ1) is 12.1. The fourth-order valence-corrected chi connectivity index (χ4v) is 2.85. The van der Waals surface area contributed by atoms with Gasteiger partial charge in [-0.15, -0.1) is 0 Å². The summed E-state index contributed by atoms with van der Waals surface area (Å²) in [5.41, 5.74) is 2.76.